The zero-order chi connectivity index (χ0) is 23.8. The van der Waals surface area contributed by atoms with Gasteiger partial charge < -0.3 is 10.5 Å². The molecule has 172 valence electrons. The smallest absolute Gasteiger partial charge is 0.263 e. The summed E-state index contributed by atoms with van der Waals surface area (Å²) in [6, 6.07) is 13.5. The van der Waals surface area contributed by atoms with E-state index in [0.29, 0.717) is 17.6 Å². The predicted molar refractivity (Wildman–Crippen MR) is 122 cm³/mol. The van der Waals surface area contributed by atoms with Gasteiger partial charge >= 0.3 is 0 Å². The zero-order valence-corrected chi connectivity index (χ0v) is 18.8. The fourth-order valence-electron chi connectivity index (χ4n) is 3.54. The molecule has 4 rings (SSSR count). The lowest BCUT2D eigenvalue weighted by molar-refractivity contribution is 0.416. The van der Waals surface area contributed by atoms with Crippen molar-refractivity contribution in [1.82, 2.24) is 9.78 Å². The van der Waals surface area contributed by atoms with Gasteiger partial charge in [0.1, 0.15) is 17.4 Å². The van der Waals surface area contributed by atoms with E-state index in [1.165, 1.54) is 36.9 Å². The quantitative estimate of drug-likeness (QED) is 0.425. The van der Waals surface area contributed by atoms with Crippen molar-refractivity contribution in [3.8, 4) is 5.75 Å². The number of nitrogens with zero attached hydrogens (tertiary/aromatic N) is 2. The van der Waals surface area contributed by atoms with Crippen LogP contribution >= 0.6 is 0 Å². The van der Waals surface area contributed by atoms with Gasteiger partial charge in [0.05, 0.1) is 29.5 Å². The topological polar surface area (TPSA) is 99.2 Å². The Kier molecular flexibility index (Phi) is 6.05. The van der Waals surface area contributed by atoms with Crippen molar-refractivity contribution in [2.45, 2.75) is 24.9 Å². The highest BCUT2D eigenvalue weighted by Gasteiger charge is 2.23. The standard InChI is InChI=1S/C23H22F2N4O3S/c1-14-6-7-18(11-19(14)25)33(30,31)28-23-22-20(9-17(24)10-21(22)32-2)29(27-23)13-16-5-3-4-15(8-16)12-26/h3-11H,12-13,26H2,1-2H3,(H,27,28). The molecule has 3 aromatic carbocycles. The SMILES string of the molecule is COc1cc(F)cc2c1c(NS(=O)(=O)c1ccc(C)c(F)c1)nn2Cc1cccc(CN)c1. The third-order valence-corrected chi connectivity index (χ3v) is 6.58. The van der Waals surface area contributed by atoms with Crippen LogP contribution in [0.25, 0.3) is 10.9 Å². The maximum absolute atomic E-state index is 14.3. The van der Waals surface area contributed by atoms with Crippen molar-refractivity contribution < 1.29 is 21.9 Å². The minimum atomic E-state index is -4.18. The summed E-state index contributed by atoms with van der Waals surface area (Å²) >= 11 is 0. The Bertz CT molecular complexity index is 1450. The highest BCUT2D eigenvalue weighted by molar-refractivity contribution is 7.92. The molecular formula is C23H22F2N4O3S. The first-order valence-corrected chi connectivity index (χ1v) is 11.5. The Morgan fingerprint density at radius 2 is 1.85 bits per heavy atom. The maximum atomic E-state index is 14.3. The number of rotatable bonds is 7. The molecule has 33 heavy (non-hydrogen) atoms. The summed E-state index contributed by atoms with van der Waals surface area (Å²) in [5, 5.41) is 4.68. The Labute approximate surface area is 189 Å². The van der Waals surface area contributed by atoms with Crippen molar-refractivity contribution in [2.75, 3.05) is 11.8 Å². The molecule has 3 N–H and O–H groups in total. The summed E-state index contributed by atoms with van der Waals surface area (Å²) in [6.45, 7) is 2.12. The lowest BCUT2D eigenvalue weighted by atomic mass is 10.1. The summed E-state index contributed by atoms with van der Waals surface area (Å²) in [5.41, 5.74) is 8.13. The van der Waals surface area contributed by atoms with Crippen LogP contribution in [-0.4, -0.2) is 25.3 Å². The van der Waals surface area contributed by atoms with Gasteiger partial charge in [0, 0.05) is 18.7 Å². The zero-order valence-electron chi connectivity index (χ0n) is 18.0. The lowest BCUT2D eigenvalue weighted by Gasteiger charge is -2.08. The van der Waals surface area contributed by atoms with Crippen LogP contribution in [0.4, 0.5) is 14.6 Å². The molecule has 10 heteroatoms. The van der Waals surface area contributed by atoms with Crippen molar-refractivity contribution in [3.63, 3.8) is 0 Å². The molecule has 0 fully saturated rings. The van der Waals surface area contributed by atoms with Gasteiger partial charge in [-0.2, -0.15) is 5.10 Å². The number of nitrogens with two attached hydrogens (primary N) is 1. The fourth-order valence-corrected chi connectivity index (χ4v) is 4.56. The molecule has 0 aliphatic heterocycles. The molecule has 7 nitrogen and oxygen atoms in total. The van der Waals surface area contributed by atoms with Gasteiger partial charge in [-0.3, -0.25) is 9.40 Å². The van der Waals surface area contributed by atoms with Gasteiger partial charge in [0.15, 0.2) is 5.82 Å². The van der Waals surface area contributed by atoms with Crippen LogP contribution in [0.3, 0.4) is 0 Å². The molecule has 0 aliphatic carbocycles. The van der Waals surface area contributed by atoms with Gasteiger partial charge in [0.25, 0.3) is 10.0 Å². The van der Waals surface area contributed by atoms with Crippen LogP contribution in [0.1, 0.15) is 16.7 Å². The second-order valence-corrected chi connectivity index (χ2v) is 9.23. The van der Waals surface area contributed by atoms with Gasteiger partial charge in [-0.1, -0.05) is 30.3 Å². The van der Waals surface area contributed by atoms with E-state index in [1.54, 1.807) is 0 Å². The largest absolute Gasteiger partial charge is 0.496 e. The fraction of sp³-hybridized carbons (Fsp3) is 0.174. The van der Waals surface area contributed by atoms with E-state index in [2.05, 4.69) is 9.82 Å². The molecule has 0 amide bonds. The number of hydrogen-bond donors (Lipinski definition) is 2. The van der Waals surface area contributed by atoms with E-state index < -0.39 is 21.7 Å². The number of anilines is 1. The molecule has 0 saturated heterocycles. The maximum Gasteiger partial charge on any atom is 0.263 e. The Morgan fingerprint density at radius 1 is 1.09 bits per heavy atom. The summed E-state index contributed by atoms with van der Waals surface area (Å²) in [4.78, 5) is -0.259. The van der Waals surface area contributed by atoms with E-state index in [1.807, 2.05) is 24.3 Å². The third kappa shape index (κ3) is 4.53. The van der Waals surface area contributed by atoms with Crippen LogP contribution in [0.5, 0.6) is 5.75 Å². The van der Waals surface area contributed by atoms with Crippen LogP contribution in [0.2, 0.25) is 0 Å². The highest BCUT2D eigenvalue weighted by atomic mass is 32.2. The molecular weight excluding hydrogens is 450 g/mol. The van der Waals surface area contributed by atoms with Crippen molar-refractivity contribution >= 4 is 26.7 Å². The number of ether oxygens (including phenoxy) is 1. The summed E-state index contributed by atoms with van der Waals surface area (Å²) < 4.78 is 63.4. The summed E-state index contributed by atoms with van der Waals surface area (Å²) in [7, 11) is -2.83. The monoisotopic (exact) mass is 472 g/mol. The van der Waals surface area contributed by atoms with E-state index >= 15 is 0 Å². The van der Waals surface area contributed by atoms with Crippen LogP contribution < -0.4 is 15.2 Å². The average molecular weight is 473 g/mol. The Balaban J connectivity index is 1.83. The van der Waals surface area contributed by atoms with Crippen LogP contribution in [0.15, 0.2) is 59.5 Å². The molecule has 0 spiro atoms. The Hall–Kier alpha value is -3.50. The van der Waals surface area contributed by atoms with Crippen molar-refractivity contribution in [2.24, 2.45) is 5.73 Å². The van der Waals surface area contributed by atoms with Gasteiger partial charge in [0.2, 0.25) is 0 Å². The van der Waals surface area contributed by atoms with Gasteiger partial charge in [-0.15, -0.1) is 0 Å². The summed E-state index contributed by atoms with van der Waals surface area (Å²) in [6.07, 6.45) is 0. The number of aryl methyl sites for hydroxylation is 1. The molecule has 0 saturated carbocycles. The molecule has 0 unspecified atom stereocenters. The highest BCUT2D eigenvalue weighted by Crippen LogP contribution is 2.35. The number of nitrogens with one attached hydrogen (secondary N) is 1. The molecule has 0 radical (unpaired) electrons. The minimum Gasteiger partial charge on any atom is -0.496 e. The first-order valence-electron chi connectivity index (χ1n) is 10.0. The second kappa shape index (κ2) is 8.80. The van der Waals surface area contributed by atoms with Crippen molar-refractivity contribution in [1.29, 1.82) is 0 Å². The first-order chi connectivity index (χ1) is 15.7. The third-order valence-electron chi connectivity index (χ3n) is 5.25. The number of hydrogen-bond acceptors (Lipinski definition) is 5. The average Bonchev–Trinajstić information content (AvgIpc) is 3.11. The predicted octanol–water partition coefficient (Wildman–Crippen LogP) is 3.94. The van der Waals surface area contributed by atoms with Gasteiger partial charge in [-0.25, -0.2) is 17.2 Å². The van der Waals surface area contributed by atoms with Gasteiger partial charge in [-0.05, 0) is 35.7 Å². The van der Waals surface area contributed by atoms with E-state index in [-0.39, 0.29) is 28.4 Å². The molecule has 1 heterocycles. The molecule has 1 aromatic heterocycles. The van der Waals surface area contributed by atoms with E-state index in [9.17, 15) is 17.2 Å². The Morgan fingerprint density at radius 3 is 2.55 bits per heavy atom. The number of aromatic nitrogens is 2. The normalized spacial score (nSPS) is 11.7. The molecule has 0 aliphatic rings. The molecule has 0 bridgehead atoms. The number of methoxy groups -OCH3 is 1. The number of benzene rings is 3. The molecule has 4 aromatic rings. The first kappa shape index (κ1) is 22.7. The van der Waals surface area contributed by atoms with E-state index in [0.717, 1.165) is 23.3 Å². The van der Waals surface area contributed by atoms with Crippen molar-refractivity contribution in [3.05, 3.63) is 82.9 Å². The second-order valence-electron chi connectivity index (χ2n) is 7.55. The summed E-state index contributed by atoms with van der Waals surface area (Å²) in [5.74, 6) is -1.16. The van der Waals surface area contributed by atoms with Crippen LogP contribution in [0, 0.1) is 18.6 Å². The number of sulfonamides is 1. The van der Waals surface area contributed by atoms with E-state index in [4.69, 9.17) is 10.5 Å². The minimum absolute atomic E-state index is 0.0576. The lowest BCUT2D eigenvalue weighted by Crippen LogP contribution is -2.14. The number of fused-ring (bicyclic) bond motifs is 1. The van der Waals surface area contributed by atoms with Crippen LogP contribution in [-0.2, 0) is 23.1 Å². The molecule has 0 atom stereocenters. The number of halogens is 2.